The minimum atomic E-state index is 0.0672. The second-order valence-electron chi connectivity index (χ2n) is 4.15. The molecule has 0 aliphatic rings. The van der Waals surface area contributed by atoms with E-state index in [1.54, 1.807) is 4.90 Å². The van der Waals surface area contributed by atoms with E-state index in [4.69, 9.17) is 0 Å². The number of nitrogens with zero attached hydrogens (tertiary/aromatic N) is 2. The summed E-state index contributed by atoms with van der Waals surface area (Å²) in [5.41, 5.74) is 0.751. The van der Waals surface area contributed by atoms with Crippen LogP contribution in [0.15, 0.2) is 22.7 Å². The van der Waals surface area contributed by atoms with Gasteiger partial charge in [-0.25, -0.2) is 0 Å². The summed E-state index contributed by atoms with van der Waals surface area (Å²) in [7, 11) is 5.84. The summed E-state index contributed by atoms with van der Waals surface area (Å²) in [6.07, 6.45) is 0. The van der Waals surface area contributed by atoms with Crippen molar-refractivity contribution in [2.75, 3.05) is 34.2 Å². The number of hydrogen-bond donors (Lipinski definition) is 0. The summed E-state index contributed by atoms with van der Waals surface area (Å²) in [5, 5.41) is 0. The first kappa shape index (κ1) is 14.9. The van der Waals surface area contributed by atoms with Crippen molar-refractivity contribution in [2.45, 2.75) is 0 Å². The topological polar surface area (TPSA) is 23.6 Å². The van der Waals surface area contributed by atoms with Crippen molar-refractivity contribution in [3.63, 3.8) is 0 Å². The average Bonchev–Trinajstić information content (AvgIpc) is 2.28. The van der Waals surface area contributed by atoms with Gasteiger partial charge in [-0.15, -0.1) is 0 Å². The molecule has 1 aromatic rings. The molecule has 0 bridgehead atoms. The minimum absolute atomic E-state index is 0.0672. The van der Waals surface area contributed by atoms with Crippen LogP contribution in [0.4, 0.5) is 0 Å². The number of benzene rings is 1. The van der Waals surface area contributed by atoms with Crippen molar-refractivity contribution in [3.8, 4) is 0 Å². The van der Waals surface area contributed by atoms with Crippen molar-refractivity contribution < 1.29 is 4.79 Å². The van der Waals surface area contributed by atoms with Gasteiger partial charge in [-0.1, -0.05) is 15.9 Å². The molecule has 17 heavy (non-hydrogen) atoms. The van der Waals surface area contributed by atoms with Gasteiger partial charge in [0.05, 0.1) is 5.56 Å². The maximum absolute atomic E-state index is 12.2. The zero-order chi connectivity index (χ0) is 13.0. The first-order valence-corrected chi connectivity index (χ1v) is 7.14. The number of amides is 1. The van der Waals surface area contributed by atoms with Crippen LogP contribution in [0.1, 0.15) is 10.4 Å². The van der Waals surface area contributed by atoms with Crippen LogP contribution >= 0.6 is 38.5 Å². The van der Waals surface area contributed by atoms with E-state index in [0.717, 1.165) is 26.7 Å². The molecule has 0 radical (unpaired) electrons. The molecule has 0 fully saturated rings. The van der Waals surface area contributed by atoms with Crippen LogP contribution in [0.5, 0.6) is 0 Å². The summed E-state index contributed by atoms with van der Waals surface area (Å²) >= 11 is 5.58. The lowest BCUT2D eigenvalue weighted by atomic mass is 10.2. The lowest BCUT2D eigenvalue weighted by Gasteiger charge is -2.20. The number of carbonyl (C=O) groups excluding carboxylic acids is 1. The fraction of sp³-hybridized carbons (Fsp3) is 0.417. The Morgan fingerprint density at radius 2 is 1.94 bits per heavy atom. The third-order valence-electron chi connectivity index (χ3n) is 2.39. The largest absolute Gasteiger partial charge is 0.340 e. The van der Waals surface area contributed by atoms with Crippen LogP contribution in [0, 0.1) is 3.57 Å². The van der Waals surface area contributed by atoms with Crippen molar-refractivity contribution in [1.82, 2.24) is 9.80 Å². The Bertz CT molecular complexity index is 409. The quantitative estimate of drug-likeness (QED) is 0.712. The molecule has 0 atom stereocenters. The molecule has 1 amide bonds. The van der Waals surface area contributed by atoms with Gasteiger partial charge in [0.1, 0.15) is 0 Å². The van der Waals surface area contributed by atoms with Gasteiger partial charge in [0, 0.05) is 28.2 Å². The number of likely N-dealkylation sites (N-methyl/N-ethyl adjacent to an activating group) is 2. The maximum Gasteiger partial charge on any atom is 0.254 e. The van der Waals surface area contributed by atoms with Crippen LogP contribution < -0.4 is 0 Å². The smallest absolute Gasteiger partial charge is 0.254 e. The molecule has 0 unspecified atom stereocenters. The van der Waals surface area contributed by atoms with Gasteiger partial charge >= 0.3 is 0 Å². The second-order valence-corrected chi connectivity index (χ2v) is 6.23. The number of halogens is 2. The summed E-state index contributed by atoms with van der Waals surface area (Å²) in [4.78, 5) is 16.0. The van der Waals surface area contributed by atoms with E-state index in [2.05, 4.69) is 43.4 Å². The Kier molecular flexibility index (Phi) is 5.88. The molecule has 0 spiro atoms. The van der Waals surface area contributed by atoms with Gasteiger partial charge in [0.15, 0.2) is 0 Å². The van der Waals surface area contributed by atoms with Crippen molar-refractivity contribution in [1.29, 1.82) is 0 Å². The normalized spacial score (nSPS) is 10.7. The number of carbonyl (C=O) groups is 1. The molecule has 0 aliphatic carbocycles. The predicted octanol–water partition coefficient (Wildman–Crippen LogP) is 2.69. The van der Waals surface area contributed by atoms with E-state index in [9.17, 15) is 4.79 Å². The van der Waals surface area contributed by atoms with E-state index in [1.807, 2.05) is 39.3 Å². The summed E-state index contributed by atoms with van der Waals surface area (Å²) in [5.74, 6) is 0.0672. The molecule has 0 aliphatic heterocycles. The van der Waals surface area contributed by atoms with Gasteiger partial charge in [-0.3, -0.25) is 4.79 Å². The first-order chi connectivity index (χ1) is 7.91. The van der Waals surface area contributed by atoms with Gasteiger partial charge in [0.25, 0.3) is 5.91 Å². The highest BCUT2D eigenvalue weighted by atomic mass is 127. The van der Waals surface area contributed by atoms with Gasteiger partial charge in [-0.05, 0) is 54.9 Å². The Hall–Kier alpha value is -0.140. The summed E-state index contributed by atoms with van der Waals surface area (Å²) in [6.45, 7) is 1.60. The minimum Gasteiger partial charge on any atom is -0.340 e. The second kappa shape index (κ2) is 6.70. The van der Waals surface area contributed by atoms with Crippen molar-refractivity contribution >= 4 is 44.4 Å². The van der Waals surface area contributed by atoms with Gasteiger partial charge in [0.2, 0.25) is 0 Å². The van der Waals surface area contributed by atoms with Crippen LogP contribution in [-0.4, -0.2) is 49.9 Å². The zero-order valence-electron chi connectivity index (χ0n) is 10.2. The predicted molar refractivity (Wildman–Crippen MR) is 82.4 cm³/mol. The maximum atomic E-state index is 12.2. The Morgan fingerprint density at radius 3 is 2.53 bits per heavy atom. The van der Waals surface area contributed by atoms with E-state index in [0.29, 0.717) is 0 Å². The Labute approximate surface area is 124 Å². The van der Waals surface area contributed by atoms with Crippen molar-refractivity contribution in [3.05, 3.63) is 31.8 Å². The fourth-order valence-electron chi connectivity index (χ4n) is 1.32. The van der Waals surface area contributed by atoms with E-state index in [-0.39, 0.29) is 5.91 Å². The first-order valence-electron chi connectivity index (χ1n) is 5.27. The summed E-state index contributed by atoms with van der Waals surface area (Å²) in [6, 6.07) is 5.76. The molecule has 0 aromatic heterocycles. The van der Waals surface area contributed by atoms with E-state index in [1.165, 1.54) is 0 Å². The number of hydrogen-bond acceptors (Lipinski definition) is 2. The Balaban J connectivity index is 2.78. The third kappa shape index (κ3) is 4.56. The average molecular weight is 411 g/mol. The standard InChI is InChI=1S/C12H16BrIN2O/c1-15(2)6-7-16(3)12(17)10-8-9(13)4-5-11(10)14/h4-5,8H,6-7H2,1-3H3. The molecule has 0 N–H and O–H groups in total. The SMILES string of the molecule is CN(C)CCN(C)C(=O)c1cc(Br)ccc1I. The van der Waals surface area contributed by atoms with E-state index >= 15 is 0 Å². The Morgan fingerprint density at radius 1 is 1.29 bits per heavy atom. The fourth-order valence-corrected chi connectivity index (χ4v) is 2.25. The lowest BCUT2D eigenvalue weighted by molar-refractivity contribution is 0.0785. The molecule has 1 aromatic carbocycles. The molecule has 1 rings (SSSR count). The molecule has 94 valence electrons. The van der Waals surface area contributed by atoms with Crippen LogP contribution in [0.3, 0.4) is 0 Å². The van der Waals surface area contributed by atoms with Crippen molar-refractivity contribution in [2.24, 2.45) is 0 Å². The van der Waals surface area contributed by atoms with Crippen LogP contribution in [0.25, 0.3) is 0 Å². The zero-order valence-corrected chi connectivity index (χ0v) is 13.9. The van der Waals surface area contributed by atoms with E-state index < -0.39 is 0 Å². The highest BCUT2D eigenvalue weighted by molar-refractivity contribution is 14.1. The highest BCUT2D eigenvalue weighted by Gasteiger charge is 2.15. The lowest BCUT2D eigenvalue weighted by Crippen LogP contribution is -2.33. The van der Waals surface area contributed by atoms with Crippen LogP contribution in [0.2, 0.25) is 0 Å². The molecule has 0 saturated heterocycles. The van der Waals surface area contributed by atoms with Gasteiger partial charge < -0.3 is 9.80 Å². The highest BCUT2D eigenvalue weighted by Crippen LogP contribution is 2.19. The molecule has 0 saturated carbocycles. The molecule has 5 heteroatoms. The monoisotopic (exact) mass is 410 g/mol. The molecule has 3 nitrogen and oxygen atoms in total. The number of rotatable bonds is 4. The third-order valence-corrected chi connectivity index (χ3v) is 3.82. The molecular formula is C12H16BrIN2O. The van der Waals surface area contributed by atoms with Gasteiger partial charge in [-0.2, -0.15) is 0 Å². The molecule has 0 heterocycles. The summed E-state index contributed by atoms with van der Waals surface area (Å²) < 4.78 is 1.91. The molecular weight excluding hydrogens is 395 g/mol. The van der Waals surface area contributed by atoms with Crippen LogP contribution in [-0.2, 0) is 0 Å².